The number of hydrogen-bond acceptors (Lipinski definition) is 4. The van der Waals surface area contributed by atoms with Gasteiger partial charge in [-0.2, -0.15) is 27.0 Å². The summed E-state index contributed by atoms with van der Waals surface area (Å²) in [4.78, 5) is 28.0. The zero-order chi connectivity index (χ0) is 8.00. The van der Waals surface area contributed by atoms with Gasteiger partial charge in [-0.3, -0.25) is 0 Å². The molecule has 0 aromatic carbocycles. The van der Waals surface area contributed by atoms with Crippen LogP contribution in [0.2, 0.25) is 0 Å². The van der Waals surface area contributed by atoms with Crippen molar-refractivity contribution in [2.24, 2.45) is 0 Å². The molecule has 2 atom stereocenters. The smallest absolute Gasteiger partial charge is 0 e. The Morgan fingerprint density at radius 2 is 0.667 bits per heavy atom. The number of hydrogen-bond donors (Lipinski definition) is 0. The largest absolute Gasteiger partial charge is 0.197 e. The molecule has 0 aliphatic carbocycles. The lowest BCUT2D eigenvalue weighted by Crippen LogP contribution is -0.674. The minimum absolute atomic E-state index is 0. The Hall–Kier alpha value is 0.500. The van der Waals surface area contributed by atoms with E-state index in [2.05, 4.69) is 31.0 Å². The molecule has 12 heavy (non-hydrogen) atoms. The van der Waals surface area contributed by atoms with Crippen molar-refractivity contribution in [3.05, 3.63) is 33.0 Å². The van der Waals surface area contributed by atoms with Gasteiger partial charge < -0.3 is 0 Å². The van der Waals surface area contributed by atoms with Crippen LogP contribution in [0.5, 0.6) is 0 Å². The van der Waals surface area contributed by atoms with Gasteiger partial charge in [-0.1, -0.05) is 14.9 Å². The molecule has 0 N–H and O–H groups in total. The van der Waals surface area contributed by atoms with Crippen molar-refractivity contribution in [2.75, 3.05) is 0 Å². The second kappa shape index (κ2) is 5070. The molecular weight excluding hydrogens is 238 g/mol. The highest BCUT2D eigenvalue weighted by molar-refractivity contribution is 7.92. The fraction of sp³-hybridized carbons (Fsp3) is 0.500. The van der Waals surface area contributed by atoms with Gasteiger partial charge in [0.05, 0.1) is 0 Å². The molecule has 0 aromatic rings. The summed E-state index contributed by atoms with van der Waals surface area (Å²) in [5, 5.41) is 0. The second-order valence-corrected chi connectivity index (χ2v) is 0. The first-order valence-electron chi connectivity index (χ1n) is 1.17. The van der Waals surface area contributed by atoms with Crippen LogP contribution in [0, 0.1) is 19.9 Å². The molecule has 0 aliphatic heterocycles. The van der Waals surface area contributed by atoms with E-state index < -0.39 is 0 Å². The van der Waals surface area contributed by atoms with Gasteiger partial charge in [0.1, 0.15) is 0 Å². The highest BCUT2D eigenvalue weighted by atomic mass is 32.1. The molecule has 0 aromatic heterocycles. The van der Waals surface area contributed by atoms with E-state index in [9.17, 15) is 0 Å². The van der Waals surface area contributed by atoms with Crippen molar-refractivity contribution in [3.8, 4) is 0 Å². The third-order valence-electron chi connectivity index (χ3n) is 0. The predicted molar refractivity (Wildman–Crippen MR) is 78.4 cm³/mol. The van der Waals surface area contributed by atoms with Gasteiger partial charge in [-0.05, 0) is 0 Å². The summed E-state index contributed by atoms with van der Waals surface area (Å²) >= 11 is 0. The maximum atomic E-state index is 7.00. The first-order chi connectivity index (χ1) is 4.00. The normalized spacial score (nSPS) is 1.50. The van der Waals surface area contributed by atoms with Crippen LogP contribution in [-0.2, 0) is 0 Å². The number of rotatable bonds is 0. The van der Waals surface area contributed by atoms with Crippen LogP contribution in [0.1, 0.15) is 14.9 Å². The molecule has 0 amide bonds. The van der Waals surface area contributed by atoms with Crippen LogP contribution >= 0.6 is 44.8 Å². The molecule has 0 bridgehead atoms. The summed E-state index contributed by atoms with van der Waals surface area (Å²) in [5.74, 6) is 0. The van der Waals surface area contributed by atoms with Gasteiger partial charge in [0.15, 0.2) is 0 Å². The van der Waals surface area contributed by atoms with Crippen LogP contribution in [-0.4, -0.2) is 0 Å². The predicted octanol–water partition coefficient (Wildman–Crippen LogP) is 3.09. The summed E-state index contributed by atoms with van der Waals surface area (Å²) in [6.07, 6.45) is 0. The van der Waals surface area contributed by atoms with Crippen LogP contribution in [0.4, 0.5) is 0 Å². The summed E-state index contributed by atoms with van der Waals surface area (Å²) in [7, 11) is 4.67. The summed E-state index contributed by atoms with van der Waals surface area (Å²) in [6.45, 7) is 6.00. The van der Waals surface area contributed by atoms with Crippen molar-refractivity contribution >= 4 is 44.8 Å². The minimum Gasteiger partial charge on any atom is -0.197 e. The first-order valence-corrected chi connectivity index (χ1v) is 3.83. The van der Waals surface area contributed by atoms with E-state index in [1.54, 1.807) is 0 Å². The fourth-order valence-electron chi connectivity index (χ4n) is 0. The average Bonchev–Trinajstić information content (AvgIpc) is 2.03. The molecule has 0 heterocycles. The summed E-state index contributed by atoms with van der Waals surface area (Å²) in [5.41, 5.74) is 0. The van der Waals surface area contributed by atoms with E-state index in [0.29, 0.717) is 0 Å². The summed E-state index contributed by atoms with van der Waals surface area (Å²) < 4.78 is 0. The van der Waals surface area contributed by atoms with Crippen LogP contribution in [0.3, 0.4) is 0 Å². The van der Waals surface area contributed by atoms with E-state index in [1.165, 1.54) is 0 Å². The van der Waals surface area contributed by atoms with Crippen LogP contribution in [0.25, 0.3) is 0 Å². The van der Waals surface area contributed by atoms with Gasteiger partial charge in [0, 0.05) is 19.9 Å². The molecule has 0 saturated heterocycles. The lowest BCUT2D eigenvalue weighted by Gasteiger charge is -1.12. The third-order valence-corrected chi connectivity index (χ3v) is 0. The lowest BCUT2D eigenvalue weighted by atomic mass is 11.3. The lowest BCUT2D eigenvalue weighted by molar-refractivity contribution is 2.50. The van der Waals surface area contributed by atoms with Crippen LogP contribution < -0.4 is 0 Å². The van der Waals surface area contributed by atoms with E-state index in [1.807, 2.05) is 0 Å². The van der Waals surface area contributed by atoms with Gasteiger partial charge in [0.2, 0.25) is 0 Å². The standard InChI is InChI=1S/C2H4.2CH4.2O2.H4P2.2H2S/c1-2;;;3*1-2;;/h1-2H2;2*1H4;;;1-2H2;2*1H2. The zero-order valence-electron chi connectivity index (χ0n) is 5.20. The van der Waals surface area contributed by atoms with Gasteiger partial charge >= 0.3 is 0 Å². The zero-order valence-corrected chi connectivity index (χ0v) is 9.51. The van der Waals surface area contributed by atoms with Crippen LogP contribution in [0.15, 0.2) is 13.2 Å². The quantitative estimate of drug-likeness (QED) is 0.494. The first kappa shape index (κ1) is 81.6. The average molecular weight is 258 g/mol. The Bertz CT molecular complexity index is 27.8. The van der Waals surface area contributed by atoms with Crippen molar-refractivity contribution in [1.29, 1.82) is 0 Å². The second-order valence-electron chi connectivity index (χ2n) is 0. The Morgan fingerprint density at radius 3 is 0.667 bits per heavy atom. The Balaban J connectivity index is -0.00000000267. The molecule has 8 heteroatoms. The molecule has 82 valence electrons. The van der Waals surface area contributed by atoms with E-state index in [0.717, 1.165) is 0 Å². The molecule has 4 nitrogen and oxygen atoms in total. The molecule has 0 spiro atoms. The molecule has 2 unspecified atom stereocenters. The molecule has 0 radical (unpaired) electrons. The van der Waals surface area contributed by atoms with Gasteiger partial charge in [-0.15, -0.1) is 31.0 Å². The van der Waals surface area contributed by atoms with E-state index >= 15 is 0 Å². The van der Waals surface area contributed by atoms with Crippen molar-refractivity contribution in [2.45, 2.75) is 14.9 Å². The molecule has 0 aliphatic rings. The SMILES string of the molecule is C.C.C=C.O=O.O=O.PP.S.S. The monoisotopic (exact) mass is 258 g/mol. The Morgan fingerprint density at radius 1 is 0.667 bits per heavy atom. The Kier molecular flexibility index (Phi) is 34500. The van der Waals surface area contributed by atoms with E-state index in [4.69, 9.17) is 19.9 Å². The molecular formula is C4H20O4P2S2. The molecule has 0 saturated carbocycles. The topological polar surface area (TPSA) is 68.3 Å². The van der Waals surface area contributed by atoms with Gasteiger partial charge in [0.25, 0.3) is 0 Å². The van der Waals surface area contributed by atoms with Crippen molar-refractivity contribution in [3.63, 3.8) is 0 Å². The highest BCUT2D eigenvalue weighted by Crippen LogP contribution is 1.86. The van der Waals surface area contributed by atoms with Crippen molar-refractivity contribution in [1.82, 2.24) is 0 Å². The maximum absolute atomic E-state index is 7.00. The minimum atomic E-state index is 0. The Labute approximate surface area is 93.0 Å². The molecule has 0 rings (SSSR count). The summed E-state index contributed by atoms with van der Waals surface area (Å²) in [6, 6.07) is 0. The third kappa shape index (κ3) is 3790. The highest BCUT2D eigenvalue weighted by Gasteiger charge is 0.882. The van der Waals surface area contributed by atoms with Crippen molar-refractivity contribution < 1.29 is 0 Å². The fourth-order valence-corrected chi connectivity index (χ4v) is 0. The maximum Gasteiger partial charge on any atom is 0 e. The van der Waals surface area contributed by atoms with E-state index in [-0.39, 0.29) is 41.8 Å². The van der Waals surface area contributed by atoms with Gasteiger partial charge in [-0.25, -0.2) is 0 Å². The molecule has 0 fully saturated rings.